The summed E-state index contributed by atoms with van der Waals surface area (Å²) < 4.78 is 10.4. The molecule has 1 heterocycles. The number of benzene rings is 1. The van der Waals surface area contributed by atoms with Crippen LogP contribution in [0.4, 0.5) is 0 Å². The molecule has 0 bridgehead atoms. The lowest BCUT2D eigenvalue weighted by Crippen LogP contribution is -1.79. The number of rotatable bonds is 3. The van der Waals surface area contributed by atoms with E-state index in [1.807, 2.05) is 18.2 Å². The number of nitrogens with zero attached hydrogens (tertiary/aromatic N) is 1. The molecule has 0 spiro atoms. The molecule has 72 valence electrons. The first-order valence-electron chi connectivity index (χ1n) is 4.19. The molecule has 1 aromatic heterocycles. The fourth-order valence-corrected chi connectivity index (χ4v) is 1.34. The molecule has 0 unspecified atom stereocenters. The molecule has 4 nitrogen and oxygen atoms in total. The summed E-state index contributed by atoms with van der Waals surface area (Å²) in [6, 6.07) is 7.26. The molecular weight excluding hydrogens is 182 g/mol. The van der Waals surface area contributed by atoms with Crippen molar-refractivity contribution in [3.63, 3.8) is 0 Å². The number of hydrogen-bond donors (Lipinski definition) is 0. The van der Waals surface area contributed by atoms with Gasteiger partial charge in [-0.1, -0.05) is 5.18 Å². The molecule has 0 fully saturated rings. The summed E-state index contributed by atoms with van der Waals surface area (Å²) in [6.07, 6.45) is 0. The van der Waals surface area contributed by atoms with E-state index in [0.29, 0.717) is 5.76 Å². The second-order valence-electron chi connectivity index (χ2n) is 2.90. The van der Waals surface area contributed by atoms with E-state index in [0.717, 1.165) is 16.7 Å². The minimum Gasteiger partial charge on any atom is -0.497 e. The van der Waals surface area contributed by atoms with Gasteiger partial charge in [0.05, 0.1) is 7.11 Å². The quantitative estimate of drug-likeness (QED) is 0.701. The van der Waals surface area contributed by atoms with E-state index in [1.54, 1.807) is 13.2 Å². The highest BCUT2D eigenvalue weighted by Crippen LogP contribution is 2.24. The average molecular weight is 191 g/mol. The summed E-state index contributed by atoms with van der Waals surface area (Å²) in [5, 5.41) is 3.69. The van der Waals surface area contributed by atoms with Gasteiger partial charge in [0.2, 0.25) is 0 Å². The molecule has 4 heteroatoms. The zero-order valence-electron chi connectivity index (χ0n) is 7.69. The van der Waals surface area contributed by atoms with Crippen molar-refractivity contribution in [2.75, 3.05) is 7.11 Å². The second kappa shape index (κ2) is 3.49. The monoisotopic (exact) mass is 191 g/mol. The third kappa shape index (κ3) is 1.46. The molecule has 0 aliphatic carbocycles. The SMILES string of the molecule is COc1ccc2oc(CN=O)cc2c1. The van der Waals surface area contributed by atoms with Crippen molar-refractivity contribution in [3.8, 4) is 5.75 Å². The van der Waals surface area contributed by atoms with Crippen molar-refractivity contribution in [3.05, 3.63) is 34.9 Å². The molecule has 14 heavy (non-hydrogen) atoms. The van der Waals surface area contributed by atoms with Crippen molar-refractivity contribution in [1.82, 2.24) is 0 Å². The van der Waals surface area contributed by atoms with Crippen LogP contribution in [0.2, 0.25) is 0 Å². The second-order valence-corrected chi connectivity index (χ2v) is 2.90. The molecule has 0 saturated heterocycles. The highest BCUT2D eigenvalue weighted by molar-refractivity contribution is 5.79. The maximum Gasteiger partial charge on any atom is 0.139 e. The zero-order chi connectivity index (χ0) is 9.97. The molecule has 0 atom stereocenters. The van der Waals surface area contributed by atoms with Gasteiger partial charge in [0, 0.05) is 5.39 Å². The molecular formula is C10H9NO3. The molecule has 0 aliphatic rings. The maximum absolute atomic E-state index is 10.0. The lowest BCUT2D eigenvalue weighted by molar-refractivity contribution is 0.415. The molecule has 2 aromatic rings. The van der Waals surface area contributed by atoms with Crippen LogP contribution in [-0.2, 0) is 6.54 Å². The summed E-state index contributed by atoms with van der Waals surface area (Å²) in [4.78, 5) is 10.0. The lowest BCUT2D eigenvalue weighted by atomic mass is 10.2. The Labute approximate surface area is 80.4 Å². The fourth-order valence-electron chi connectivity index (χ4n) is 1.34. The number of ether oxygens (including phenoxy) is 1. The Morgan fingerprint density at radius 1 is 1.43 bits per heavy atom. The van der Waals surface area contributed by atoms with Crippen molar-refractivity contribution in [2.24, 2.45) is 5.18 Å². The minimum absolute atomic E-state index is 0.0665. The Morgan fingerprint density at radius 3 is 3.00 bits per heavy atom. The molecule has 0 radical (unpaired) electrons. The minimum atomic E-state index is 0.0665. The van der Waals surface area contributed by atoms with Gasteiger partial charge in [-0.3, -0.25) is 0 Å². The van der Waals surface area contributed by atoms with Gasteiger partial charge in [-0.05, 0) is 24.3 Å². The summed E-state index contributed by atoms with van der Waals surface area (Å²) in [5.41, 5.74) is 0.740. The normalized spacial score (nSPS) is 10.4. The summed E-state index contributed by atoms with van der Waals surface area (Å²) >= 11 is 0. The number of nitroso groups, excluding NO2 is 1. The van der Waals surface area contributed by atoms with E-state index in [4.69, 9.17) is 9.15 Å². The predicted octanol–water partition coefficient (Wildman–Crippen LogP) is 2.71. The van der Waals surface area contributed by atoms with Crippen LogP contribution in [0, 0.1) is 4.91 Å². The van der Waals surface area contributed by atoms with Crippen molar-refractivity contribution < 1.29 is 9.15 Å². The first-order chi connectivity index (χ1) is 6.83. The van der Waals surface area contributed by atoms with Gasteiger partial charge in [0.1, 0.15) is 23.6 Å². The lowest BCUT2D eigenvalue weighted by Gasteiger charge is -1.96. The van der Waals surface area contributed by atoms with E-state index in [9.17, 15) is 4.91 Å². The average Bonchev–Trinajstić information content (AvgIpc) is 2.59. The summed E-state index contributed by atoms with van der Waals surface area (Å²) in [6.45, 7) is 0.0665. The Morgan fingerprint density at radius 2 is 2.29 bits per heavy atom. The third-order valence-corrected chi connectivity index (χ3v) is 1.99. The standard InChI is InChI=1S/C10H9NO3/c1-13-8-2-3-10-7(4-8)5-9(14-10)6-11-12/h2-5H,6H2,1H3. The first kappa shape index (κ1) is 8.74. The van der Waals surface area contributed by atoms with Crippen molar-refractivity contribution in [2.45, 2.75) is 6.54 Å². The van der Waals surface area contributed by atoms with Gasteiger partial charge in [0.15, 0.2) is 0 Å². The van der Waals surface area contributed by atoms with Gasteiger partial charge in [-0.15, -0.1) is 0 Å². The van der Waals surface area contributed by atoms with Crippen LogP contribution >= 0.6 is 0 Å². The molecule has 0 saturated carbocycles. The topological polar surface area (TPSA) is 51.8 Å². The molecule has 1 aromatic carbocycles. The molecule has 0 aliphatic heterocycles. The maximum atomic E-state index is 10.0. The number of methoxy groups -OCH3 is 1. The van der Waals surface area contributed by atoms with E-state index in [-0.39, 0.29) is 6.54 Å². The van der Waals surface area contributed by atoms with Crippen LogP contribution in [0.5, 0.6) is 5.75 Å². The Hall–Kier alpha value is -1.84. The van der Waals surface area contributed by atoms with Gasteiger partial charge < -0.3 is 9.15 Å². The van der Waals surface area contributed by atoms with E-state index < -0.39 is 0 Å². The summed E-state index contributed by atoms with van der Waals surface area (Å²) in [5.74, 6) is 1.34. The van der Waals surface area contributed by atoms with Gasteiger partial charge in [-0.2, -0.15) is 4.91 Å². The largest absolute Gasteiger partial charge is 0.497 e. The third-order valence-electron chi connectivity index (χ3n) is 1.99. The van der Waals surface area contributed by atoms with Crippen LogP contribution < -0.4 is 4.74 Å². The number of furan rings is 1. The van der Waals surface area contributed by atoms with Crippen LogP contribution in [0.3, 0.4) is 0 Å². The van der Waals surface area contributed by atoms with E-state index in [1.165, 1.54) is 0 Å². The van der Waals surface area contributed by atoms with Gasteiger partial charge in [-0.25, -0.2) is 0 Å². The van der Waals surface area contributed by atoms with Crippen LogP contribution in [-0.4, -0.2) is 7.11 Å². The van der Waals surface area contributed by atoms with E-state index in [2.05, 4.69) is 5.18 Å². The van der Waals surface area contributed by atoms with Crippen LogP contribution in [0.1, 0.15) is 5.76 Å². The smallest absolute Gasteiger partial charge is 0.139 e. The van der Waals surface area contributed by atoms with E-state index >= 15 is 0 Å². The van der Waals surface area contributed by atoms with Crippen molar-refractivity contribution >= 4 is 11.0 Å². The van der Waals surface area contributed by atoms with Gasteiger partial charge in [0.25, 0.3) is 0 Å². The van der Waals surface area contributed by atoms with Crippen LogP contribution in [0.15, 0.2) is 33.9 Å². The fraction of sp³-hybridized carbons (Fsp3) is 0.200. The van der Waals surface area contributed by atoms with Gasteiger partial charge >= 0.3 is 0 Å². The Kier molecular flexibility index (Phi) is 2.18. The van der Waals surface area contributed by atoms with Crippen LogP contribution in [0.25, 0.3) is 11.0 Å². The molecule has 0 N–H and O–H groups in total. The Bertz CT molecular complexity index is 461. The first-order valence-corrected chi connectivity index (χ1v) is 4.19. The predicted molar refractivity (Wildman–Crippen MR) is 52.3 cm³/mol. The molecule has 2 rings (SSSR count). The highest BCUT2D eigenvalue weighted by Gasteiger charge is 2.04. The zero-order valence-corrected chi connectivity index (χ0v) is 7.69. The summed E-state index contributed by atoms with van der Waals surface area (Å²) in [7, 11) is 1.61. The molecule has 0 amide bonds. The number of fused-ring (bicyclic) bond motifs is 1. The highest BCUT2D eigenvalue weighted by atomic mass is 16.5. The number of hydrogen-bond acceptors (Lipinski definition) is 4. The van der Waals surface area contributed by atoms with Crippen molar-refractivity contribution in [1.29, 1.82) is 0 Å². The Balaban J connectivity index is 2.48.